The normalized spacial score (nSPS) is 17.9. The molecule has 0 atom stereocenters. The highest BCUT2D eigenvalue weighted by atomic mass is 32.1. The zero-order valence-electron chi connectivity index (χ0n) is 13.4. The van der Waals surface area contributed by atoms with E-state index in [9.17, 15) is 4.79 Å². The van der Waals surface area contributed by atoms with Gasteiger partial charge in [0.05, 0.1) is 12.3 Å². The molecule has 118 valence electrons. The SMILES string of the molecule is CCOC(=O)C(C)(C)c1csc(C2(OCC)CCCC2)n1. The molecule has 1 saturated carbocycles. The minimum absolute atomic E-state index is 0.223. The lowest BCUT2D eigenvalue weighted by atomic mass is 9.90. The molecule has 0 radical (unpaired) electrons. The van der Waals surface area contributed by atoms with Gasteiger partial charge in [-0.1, -0.05) is 12.8 Å². The first-order valence-corrected chi connectivity index (χ1v) is 8.62. The van der Waals surface area contributed by atoms with Crippen LogP contribution in [0.25, 0.3) is 0 Å². The van der Waals surface area contributed by atoms with Crippen molar-refractivity contribution in [1.29, 1.82) is 0 Å². The van der Waals surface area contributed by atoms with E-state index in [4.69, 9.17) is 14.5 Å². The molecule has 0 bridgehead atoms. The van der Waals surface area contributed by atoms with Crippen LogP contribution in [0.1, 0.15) is 64.1 Å². The Balaban J connectivity index is 2.26. The Kier molecular flexibility index (Phi) is 5.04. The van der Waals surface area contributed by atoms with Gasteiger partial charge >= 0.3 is 5.97 Å². The lowest BCUT2D eigenvalue weighted by Crippen LogP contribution is -2.32. The summed E-state index contributed by atoms with van der Waals surface area (Å²) in [4.78, 5) is 16.9. The predicted molar refractivity (Wildman–Crippen MR) is 83.5 cm³/mol. The summed E-state index contributed by atoms with van der Waals surface area (Å²) in [6.45, 7) is 8.66. The van der Waals surface area contributed by atoms with Crippen LogP contribution >= 0.6 is 11.3 Å². The summed E-state index contributed by atoms with van der Waals surface area (Å²) in [5.74, 6) is -0.223. The highest BCUT2D eigenvalue weighted by Crippen LogP contribution is 2.44. The fourth-order valence-electron chi connectivity index (χ4n) is 2.83. The number of carbonyl (C=O) groups excluding carboxylic acids is 1. The minimum atomic E-state index is -0.712. The minimum Gasteiger partial charge on any atom is -0.465 e. The molecule has 0 aliphatic heterocycles. The number of nitrogens with zero attached hydrogens (tertiary/aromatic N) is 1. The van der Waals surface area contributed by atoms with Gasteiger partial charge in [0.2, 0.25) is 0 Å². The molecule has 1 fully saturated rings. The maximum absolute atomic E-state index is 12.1. The second-order valence-corrected chi connectivity index (χ2v) is 6.88. The van der Waals surface area contributed by atoms with Gasteiger partial charge in [-0.2, -0.15) is 0 Å². The Morgan fingerprint density at radius 3 is 2.57 bits per heavy atom. The number of aromatic nitrogens is 1. The average Bonchev–Trinajstić information content (AvgIpc) is 3.08. The first-order chi connectivity index (χ1) is 9.96. The van der Waals surface area contributed by atoms with Crippen LogP contribution in [-0.2, 0) is 25.3 Å². The number of thiazole rings is 1. The molecule has 1 aromatic rings. The van der Waals surface area contributed by atoms with E-state index < -0.39 is 5.41 Å². The van der Waals surface area contributed by atoms with E-state index in [1.165, 1.54) is 12.8 Å². The number of hydrogen-bond donors (Lipinski definition) is 0. The number of hydrogen-bond acceptors (Lipinski definition) is 5. The Labute approximate surface area is 130 Å². The Morgan fingerprint density at radius 1 is 1.33 bits per heavy atom. The molecule has 1 aromatic heterocycles. The molecule has 21 heavy (non-hydrogen) atoms. The number of rotatable bonds is 6. The second kappa shape index (κ2) is 6.44. The van der Waals surface area contributed by atoms with E-state index in [1.807, 2.05) is 33.1 Å². The Hall–Kier alpha value is -0.940. The molecule has 5 heteroatoms. The van der Waals surface area contributed by atoms with Gasteiger partial charge < -0.3 is 9.47 Å². The van der Waals surface area contributed by atoms with Crippen LogP contribution < -0.4 is 0 Å². The summed E-state index contributed by atoms with van der Waals surface area (Å²) < 4.78 is 11.2. The van der Waals surface area contributed by atoms with E-state index in [0.717, 1.165) is 23.5 Å². The van der Waals surface area contributed by atoms with Crippen molar-refractivity contribution in [3.8, 4) is 0 Å². The van der Waals surface area contributed by atoms with Crippen LogP contribution in [0, 0.1) is 0 Å². The largest absolute Gasteiger partial charge is 0.465 e. The fraction of sp³-hybridized carbons (Fsp3) is 0.750. The molecular formula is C16H25NO3S. The van der Waals surface area contributed by atoms with E-state index in [2.05, 4.69) is 0 Å². The van der Waals surface area contributed by atoms with Crippen molar-refractivity contribution in [3.05, 3.63) is 16.1 Å². The highest BCUT2D eigenvalue weighted by molar-refractivity contribution is 7.09. The van der Waals surface area contributed by atoms with Crippen LogP contribution in [0.4, 0.5) is 0 Å². The molecule has 1 aliphatic carbocycles. The predicted octanol–water partition coefficient (Wildman–Crippen LogP) is 3.79. The van der Waals surface area contributed by atoms with Gasteiger partial charge in [-0.25, -0.2) is 4.98 Å². The molecule has 1 aliphatic rings. The van der Waals surface area contributed by atoms with Gasteiger partial charge in [-0.3, -0.25) is 4.79 Å². The summed E-state index contributed by atoms with van der Waals surface area (Å²) in [5.41, 5.74) is -0.161. The fourth-order valence-corrected chi connectivity index (χ4v) is 4.03. The molecule has 0 unspecified atom stereocenters. The van der Waals surface area contributed by atoms with Gasteiger partial charge in [0.1, 0.15) is 16.0 Å². The summed E-state index contributed by atoms with van der Waals surface area (Å²) in [5, 5.41) is 2.99. The van der Waals surface area contributed by atoms with E-state index in [0.29, 0.717) is 13.2 Å². The summed E-state index contributed by atoms with van der Waals surface area (Å²) >= 11 is 1.60. The van der Waals surface area contributed by atoms with E-state index in [-0.39, 0.29) is 11.6 Å². The van der Waals surface area contributed by atoms with Crippen molar-refractivity contribution in [2.45, 2.75) is 64.4 Å². The Morgan fingerprint density at radius 2 is 2.00 bits per heavy atom. The smallest absolute Gasteiger partial charge is 0.317 e. The highest BCUT2D eigenvalue weighted by Gasteiger charge is 2.41. The third kappa shape index (κ3) is 3.14. The molecule has 0 saturated heterocycles. The second-order valence-electron chi connectivity index (χ2n) is 6.02. The third-order valence-electron chi connectivity index (χ3n) is 4.15. The first kappa shape index (κ1) is 16.4. The molecule has 0 spiro atoms. The molecule has 2 rings (SSSR count). The van der Waals surface area contributed by atoms with Crippen LogP contribution in [-0.4, -0.2) is 24.2 Å². The average molecular weight is 311 g/mol. The third-order valence-corrected chi connectivity index (χ3v) is 5.18. The van der Waals surface area contributed by atoms with Crippen molar-refractivity contribution in [2.24, 2.45) is 0 Å². The topological polar surface area (TPSA) is 48.4 Å². The van der Waals surface area contributed by atoms with Gasteiger partial charge in [0.15, 0.2) is 0 Å². The summed E-state index contributed by atoms with van der Waals surface area (Å²) in [6, 6.07) is 0. The van der Waals surface area contributed by atoms with Gasteiger partial charge in [-0.05, 0) is 40.5 Å². The summed E-state index contributed by atoms with van der Waals surface area (Å²) in [6.07, 6.45) is 4.40. The standard InChI is InChI=1S/C16H25NO3S/c1-5-19-14(18)15(3,4)12-11-21-13(17-12)16(20-6-2)9-7-8-10-16/h11H,5-10H2,1-4H3. The van der Waals surface area contributed by atoms with Crippen molar-refractivity contribution >= 4 is 17.3 Å². The molecule has 4 nitrogen and oxygen atoms in total. The van der Waals surface area contributed by atoms with E-state index >= 15 is 0 Å². The lowest BCUT2D eigenvalue weighted by Gasteiger charge is -2.27. The molecule has 0 aromatic carbocycles. The zero-order valence-corrected chi connectivity index (χ0v) is 14.2. The quantitative estimate of drug-likeness (QED) is 0.750. The van der Waals surface area contributed by atoms with Crippen LogP contribution in [0.15, 0.2) is 5.38 Å². The van der Waals surface area contributed by atoms with Crippen molar-refractivity contribution in [2.75, 3.05) is 13.2 Å². The molecule has 1 heterocycles. The number of ether oxygens (including phenoxy) is 2. The molecule has 0 N–H and O–H groups in total. The van der Waals surface area contributed by atoms with Crippen molar-refractivity contribution in [3.63, 3.8) is 0 Å². The van der Waals surface area contributed by atoms with Crippen molar-refractivity contribution in [1.82, 2.24) is 4.98 Å². The van der Waals surface area contributed by atoms with Crippen LogP contribution in [0.2, 0.25) is 0 Å². The maximum atomic E-state index is 12.1. The Bertz CT molecular complexity index is 489. The molecule has 0 amide bonds. The number of esters is 1. The molecular weight excluding hydrogens is 286 g/mol. The summed E-state index contributed by atoms with van der Waals surface area (Å²) in [7, 11) is 0. The first-order valence-electron chi connectivity index (χ1n) is 7.74. The van der Waals surface area contributed by atoms with Gasteiger partial charge in [0, 0.05) is 12.0 Å². The maximum Gasteiger partial charge on any atom is 0.317 e. The monoisotopic (exact) mass is 311 g/mol. The van der Waals surface area contributed by atoms with Crippen LogP contribution in [0.3, 0.4) is 0 Å². The van der Waals surface area contributed by atoms with Crippen molar-refractivity contribution < 1.29 is 14.3 Å². The van der Waals surface area contributed by atoms with Gasteiger partial charge in [-0.15, -0.1) is 11.3 Å². The lowest BCUT2D eigenvalue weighted by molar-refractivity contribution is -0.148. The van der Waals surface area contributed by atoms with Gasteiger partial charge in [0.25, 0.3) is 0 Å². The van der Waals surface area contributed by atoms with Crippen LogP contribution in [0.5, 0.6) is 0 Å². The number of carbonyl (C=O) groups is 1. The zero-order chi connectivity index (χ0) is 15.5. The van der Waals surface area contributed by atoms with E-state index in [1.54, 1.807) is 11.3 Å².